The van der Waals surface area contributed by atoms with E-state index in [9.17, 15) is 9.59 Å². The first-order chi connectivity index (χ1) is 12.1. The molecular formula is C17H15N3O4S. The van der Waals surface area contributed by atoms with Gasteiger partial charge in [0.05, 0.1) is 37.2 Å². The monoisotopic (exact) mass is 357 g/mol. The number of ether oxygens (including phenoxy) is 2. The predicted molar refractivity (Wildman–Crippen MR) is 94.0 cm³/mol. The fraction of sp³-hybridized carbons (Fsp3) is 0.176. The molecule has 128 valence electrons. The maximum Gasteiger partial charge on any atom is 0.355 e. The van der Waals surface area contributed by atoms with Crippen molar-refractivity contribution in [1.82, 2.24) is 8.75 Å². The Labute approximate surface area is 148 Å². The topological polar surface area (TPSA) is 81.6 Å². The van der Waals surface area contributed by atoms with Gasteiger partial charge in [-0.2, -0.15) is 8.75 Å². The van der Waals surface area contributed by atoms with E-state index in [-0.39, 0.29) is 11.3 Å². The van der Waals surface area contributed by atoms with Gasteiger partial charge in [-0.15, -0.1) is 0 Å². The molecule has 0 fully saturated rings. The quantitative estimate of drug-likeness (QED) is 0.781. The Bertz CT molecular complexity index is 943. The van der Waals surface area contributed by atoms with E-state index in [1.54, 1.807) is 23.3 Å². The van der Waals surface area contributed by atoms with Gasteiger partial charge in [0, 0.05) is 6.20 Å². The predicted octanol–water partition coefficient (Wildman–Crippen LogP) is 2.49. The fourth-order valence-corrected chi connectivity index (χ4v) is 3.12. The third-order valence-electron chi connectivity index (χ3n) is 3.73. The van der Waals surface area contributed by atoms with Crippen LogP contribution in [0.1, 0.15) is 5.56 Å². The number of rotatable bonds is 3. The van der Waals surface area contributed by atoms with Crippen LogP contribution in [0.5, 0.6) is 0 Å². The molecule has 1 aromatic carbocycles. The van der Waals surface area contributed by atoms with Gasteiger partial charge in [-0.25, -0.2) is 9.59 Å². The highest BCUT2D eigenvalue weighted by Gasteiger charge is 2.29. The smallest absolute Gasteiger partial charge is 0.355 e. The van der Waals surface area contributed by atoms with Crippen molar-refractivity contribution < 1.29 is 19.1 Å². The van der Waals surface area contributed by atoms with Crippen molar-refractivity contribution in [3.63, 3.8) is 0 Å². The zero-order valence-corrected chi connectivity index (χ0v) is 14.7. The largest absolute Gasteiger partial charge is 0.465 e. The van der Waals surface area contributed by atoms with E-state index in [0.29, 0.717) is 16.7 Å². The maximum absolute atomic E-state index is 12.5. The SMILES string of the molecule is COC(=O)C1=C(C(=O)OC)N(c2c(C)ccc3nsnc23)C=CC=C1. The van der Waals surface area contributed by atoms with Crippen LogP contribution in [0.4, 0.5) is 5.69 Å². The second kappa shape index (κ2) is 6.86. The van der Waals surface area contributed by atoms with Crippen molar-refractivity contribution in [2.45, 2.75) is 6.92 Å². The van der Waals surface area contributed by atoms with Crippen LogP contribution in [0.25, 0.3) is 11.0 Å². The Morgan fingerprint density at radius 3 is 2.56 bits per heavy atom. The Hall–Kier alpha value is -3.00. The van der Waals surface area contributed by atoms with Crippen LogP contribution in [-0.4, -0.2) is 34.9 Å². The van der Waals surface area contributed by atoms with Gasteiger partial charge in [-0.05, 0) is 30.7 Å². The summed E-state index contributed by atoms with van der Waals surface area (Å²) in [7, 11) is 2.52. The van der Waals surface area contributed by atoms with Gasteiger partial charge in [-0.1, -0.05) is 12.1 Å². The molecule has 0 atom stereocenters. The number of carbonyl (C=O) groups is 2. The highest BCUT2D eigenvalue weighted by molar-refractivity contribution is 7.00. The molecule has 0 radical (unpaired) electrons. The molecule has 3 rings (SSSR count). The van der Waals surface area contributed by atoms with Gasteiger partial charge in [0.2, 0.25) is 0 Å². The number of carbonyl (C=O) groups excluding carboxylic acids is 2. The Morgan fingerprint density at radius 2 is 1.84 bits per heavy atom. The number of anilines is 1. The van der Waals surface area contributed by atoms with Gasteiger partial charge in [0.25, 0.3) is 0 Å². The third kappa shape index (κ3) is 2.91. The van der Waals surface area contributed by atoms with Gasteiger partial charge in [0.15, 0.2) is 0 Å². The fourth-order valence-electron chi connectivity index (χ4n) is 2.58. The Morgan fingerprint density at radius 1 is 1.08 bits per heavy atom. The summed E-state index contributed by atoms with van der Waals surface area (Å²) in [6.07, 6.45) is 6.57. The summed E-state index contributed by atoms with van der Waals surface area (Å²) < 4.78 is 18.3. The molecule has 25 heavy (non-hydrogen) atoms. The first-order valence-corrected chi connectivity index (χ1v) is 8.08. The molecule has 0 saturated carbocycles. The molecule has 8 heteroatoms. The maximum atomic E-state index is 12.5. The summed E-state index contributed by atoms with van der Waals surface area (Å²) in [4.78, 5) is 26.3. The molecule has 0 amide bonds. The van der Waals surface area contributed by atoms with Crippen molar-refractivity contribution in [2.75, 3.05) is 19.1 Å². The molecule has 0 aliphatic carbocycles. The first-order valence-electron chi connectivity index (χ1n) is 7.35. The van der Waals surface area contributed by atoms with Gasteiger partial charge in [0.1, 0.15) is 16.7 Å². The molecule has 2 heterocycles. The lowest BCUT2D eigenvalue weighted by Crippen LogP contribution is -2.27. The van der Waals surface area contributed by atoms with Crippen molar-refractivity contribution in [2.24, 2.45) is 0 Å². The second-order valence-electron chi connectivity index (χ2n) is 5.18. The minimum atomic E-state index is -0.656. The summed E-state index contributed by atoms with van der Waals surface area (Å²) in [5.41, 5.74) is 3.04. The molecule has 0 saturated heterocycles. The van der Waals surface area contributed by atoms with Crippen molar-refractivity contribution >= 4 is 40.4 Å². The molecule has 1 aliphatic heterocycles. The number of hydrogen-bond acceptors (Lipinski definition) is 8. The molecule has 7 nitrogen and oxygen atoms in total. The number of aryl methyl sites for hydroxylation is 1. The number of esters is 2. The lowest BCUT2D eigenvalue weighted by molar-refractivity contribution is -0.139. The molecule has 1 aromatic heterocycles. The number of allylic oxidation sites excluding steroid dienone is 2. The van der Waals surface area contributed by atoms with Crippen LogP contribution in [0.15, 0.2) is 47.8 Å². The lowest BCUT2D eigenvalue weighted by Gasteiger charge is -2.24. The molecule has 0 unspecified atom stereocenters. The summed E-state index contributed by atoms with van der Waals surface area (Å²) in [6.45, 7) is 1.90. The number of benzene rings is 1. The normalized spacial score (nSPS) is 14.0. The van der Waals surface area contributed by atoms with E-state index in [1.165, 1.54) is 20.3 Å². The highest BCUT2D eigenvalue weighted by atomic mass is 32.1. The molecule has 2 aromatic rings. The molecular weight excluding hydrogens is 342 g/mol. The first kappa shape index (κ1) is 16.8. The number of nitrogens with zero attached hydrogens (tertiary/aromatic N) is 3. The number of fused-ring (bicyclic) bond motifs is 1. The summed E-state index contributed by atoms with van der Waals surface area (Å²) in [5.74, 6) is -1.29. The highest BCUT2D eigenvalue weighted by Crippen LogP contribution is 2.34. The van der Waals surface area contributed by atoms with Gasteiger partial charge in [-0.3, -0.25) is 0 Å². The van der Waals surface area contributed by atoms with Crippen LogP contribution < -0.4 is 4.90 Å². The van der Waals surface area contributed by atoms with E-state index in [2.05, 4.69) is 8.75 Å². The zero-order chi connectivity index (χ0) is 18.0. The average Bonchev–Trinajstić information content (AvgIpc) is 2.99. The van der Waals surface area contributed by atoms with Crippen molar-refractivity contribution in [3.8, 4) is 0 Å². The van der Waals surface area contributed by atoms with Gasteiger partial charge < -0.3 is 14.4 Å². The van der Waals surface area contributed by atoms with E-state index >= 15 is 0 Å². The van der Waals surface area contributed by atoms with E-state index < -0.39 is 11.9 Å². The number of aromatic nitrogens is 2. The Balaban J connectivity index is 2.31. The standard InChI is InChI=1S/C17H15N3O4S/c1-10-7-8-12-13(19-25-18-12)14(10)20-9-5-4-6-11(16(21)23-2)15(20)17(22)24-3/h4-9H,1-3H3. The van der Waals surface area contributed by atoms with E-state index in [4.69, 9.17) is 9.47 Å². The van der Waals surface area contributed by atoms with Crippen LogP contribution in [0.3, 0.4) is 0 Å². The minimum Gasteiger partial charge on any atom is -0.465 e. The Kier molecular flexibility index (Phi) is 4.62. The second-order valence-corrected chi connectivity index (χ2v) is 5.71. The van der Waals surface area contributed by atoms with Crippen LogP contribution in [-0.2, 0) is 19.1 Å². The van der Waals surface area contributed by atoms with Crippen LogP contribution in [0.2, 0.25) is 0 Å². The minimum absolute atomic E-state index is 0.0583. The van der Waals surface area contributed by atoms with Crippen LogP contribution in [0, 0.1) is 6.92 Å². The van der Waals surface area contributed by atoms with E-state index in [1.807, 2.05) is 19.1 Å². The zero-order valence-electron chi connectivity index (χ0n) is 13.8. The average molecular weight is 357 g/mol. The van der Waals surface area contributed by atoms with Crippen molar-refractivity contribution in [3.05, 3.63) is 53.4 Å². The molecule has 0 bridgehead atoms. The van der Waals surface area contributed by atoms with Crippen LogP contribution >= 0.6 is 11.7 Å². The molecule has 0 N–H and O–H groups in total. The number of hydrogen-bond donors (Lipinski definition) is 0. The summed E-state index contributed by atoms with van der Waals surface area (Å²) in [6, 6.07) is 3.75. The van der Waals surface area contributed by atoms with E-state index in [0.717, 1.165) is 17.3 Å². The lowest BCUT2D eigenvalue weighted by atomic mass is 10.1. The molecule has 0 spiro atoms. The summed E-state index contributed by atoms with van der Waals surface area (Å²) in [5, 5.41) is 0. The van der Waals surface area contributed by atoms with Gasteiger partial charge >= 0.3 is 11.9 Å². The van der Waals surface area contributed by atoms with Crippen molar-refractivity contribution in [1.29, 1.82) is 0 Å². The summed E-state index contributed by atoms with van der Waals surface area (Å²) >= 11 is 1.08. The third-order valence-corrected chi connectivity index (χ3v) is 4.28. The number of methoxy groups -OCH3 is 2. The molecule has 1 aliphatic rings.